The predicted molar refractivity (Wildman–Crippen MR) is 91.5 cm³/mol. The molecule has 2 fully saturated rings. The predicted octanol–water partition coefficient (Wildman–Crippen LogP) is 3.14. The highest BCUT2D eigenvalue weighted by Crippen LogP contribution is 2.31. The zero-order chi connectivity index (χ0) is 15.2. The molecule has 1 aliphatic carbocycles. The first-order valence-corrected chi connectivity index (χ1v) is 8.96. The smallest absolute Gasteiger partial charge is 0.118 e. The maximum Gasteiger partial charge on any atom is 0.118 e. The van der Waals surface area contributed by atoms with Crippen molar-refractivity contribution in [1.29, 1.82) is 0 Å². The fraction of sp³-hybridized carbons (Fsp3) is 0.684. The van der Waals surface area contributed by atoms with Crippen molar-refractivity contribution in [1.82, 2.24) is 10.6 Å². The summed E-state index contributed by atoms with van der Waals surface area (Å²) in [5.41, 5.74) is 1.39. The van der Waals surface area contributed by atoms with Crippen molar-refractivity contribution in [3.63, 3.8) is 0 Å². The second-order valence-corrected chi connectivity index (χ2v) is 6.81. The molecule has 1 saturated carbocycles. The lowest BCUT2D eigenvalue weighted by Gasteiger charge is -2.33. The van der Waals surface area contributed by atoms with Crippen LogP contribution in [0.1, 0.15) is 44.1 Å². The molecule has 0 aromatic heterocycles. The first-order valence-electron chi connectivity index (χ1n) is 8.96. The molecule has 3 atom stereocenters. The number of rotatable bonds is 6. The van der Waals surface area contributed by atoms with Crippen molar-refractivity contribution in [3.8, 4) is 5.75 Å². The number of hydrogen-bond donors (Lipinski definition) is 2. The summed E-state index contributed by atoms with van der Waals surface area (Å²) < 4.78 is 5.21. The van der Waals surface area contributed by atoms with Crippen molar-refractivity contribution < 1.29 is 4.74 Å². The molecule has 1 aromatic carbocycles. The summed E-state index contributed by atoms with van der Waals surface area (Å²) in [4.78, 5) is 0. The Morgan fingerprint density at radius 1 is 1.09 bits per heavy atom. The van der Waals surface area contributed by atoms with E-state index in [0.717, 1.165) is 30.7 Å². The minimum atomic E-state index is 0.717. The largest absolute Gasteiger partial charge is 0.497 e. The van der Waals surface area contributed by atoms with E-state index in [9.17, 15) is 0 Å². The van der Waals surface area contributed by atoms with Crippen molar-refractivity contribution in [2.75, 3.05) is 20.2 Å². The quantitative estimate of drug-likeness (QED) is 0.847. The van der Waals surface area contributed by atoms with Gasteiger partial charge < -0.3 is 15.4 Å². The molecule has 2 N–H and O–H groups in total. The molecular formula is C19H30N2O. The topological polar surface area (TPSA) is 33.3 Å². The monoisotopic (exact) mass is 302 g/mol. The van der Waals surface area contributed by atoms with E-state index in [1.807, 2.05) is 0 Å². The second kappa shape index (κ2) is 7.98. The van der Waals surface area contributed by atoms with Crippen LogP contribution in [0.15, 0.2) is 24.3 Å². The molecule has 0 spiro atoms. The van der Waals surface area contributed by atoms with Gasteiger partial charge in [-0.25, -0.2) is 0 Å². The minimum Gasteiger partial charge on any atom is -0.497 e. The molecule has 0 radical (unpaired) electrons. The highest BCUT2D eigenvalue weighted by Gasteiger charge is 2.33. The summed E-state index contributed by atoms with van der Waals surface area (Å²) in [5, 5.41) is 7.59. The second-order valence-electron chi connectivity index (χ2n) is 6.81. The molecular weight excluding hydrogens is 272 g/mol. The van der Waals surface area contributed by atoms with Gasteiger partial charge in [0, 0.05) is 12.1 Å². The van der Waals surface area contributed by atoms with Gasteiger partial charge in [0.2, 0.25) is 0 Å². The van der Waals surface area contributed by atoms with Gasteiger partial charge in [0.05, 0.1) is 7.11 Å². The fourth-order valence-corrected chi connectivity index (χ4v) is 4.16. The maximum atomic E-state index is 5.21. The van der Waals surface area contributed by atoms with Gasteiger partial charge in [0.1, 0.15) is 5.75 Å². The average Bonchev–Trinajstić information content (AvgIpc) is 3.05. The molecule has 3 nitrogen and oxygen atoms in total. The maximum absolute atomic E-state index is 5.21. The van der Waals surface area contributed by atoms with Crippen LogP contribution in [0.4, 0.5) is 0 Å². The lowest BCUT2D eigenvalue weighted by Crippen LogP contribution is -2.47. The molecule has 1 aromatic rings. The van der Waals surface area contributed by atoms with Crippen LogP contribution in [0.3, 0.4) is 0 Å². The summed E-state index contributed by atoms with van der Waals surface area (Å²) in [6, 6.07) is 9.94. The zero-order valence-electron chi connectivity index (χ0n) is 13.8. The molecule has 3 unspecified atom stereocenters. The van der Waals surface area contributed by atoms with E-state index in [-0.39, 0.29) is 0 Å². The third kappa shape index (κ3) is 4.02. The number of hydrogen-bond acceptors (Lipinski definition) is 3. The zero-order valence-corrected chi connectivity index (χ0v) is 13.8. The van der Waals surface area contributed by atoms with Gasteiger partial charge >= 0.3 is 0 Å². The highest BCUT2D eigenvalue weighted by molar-refractivity contribution is 5.27. The van der Waals surface area contributed by atoms with E-state index in [4.69, 9.17) is 4.74 Å². The van der Waals surface area contributed by atoms with Crippen LogP contribution in [-0.2, 0) is 6.42 Å². The van der Waals surface area contributed by atoms with Crippen molar-refractivity contribution in [3.05, 3.63) is 29.8 Å². The number of benzene rings is 1. The lowest BCUT2D eigenvalue weighted by atomic mass is 9.88. The van der Waals surface area contributed by atoms with Gasteiger partial charge in [-0.15, -0.1) is 0 Å². The molecule has 3 heteroatoms. The lowest BCUT2D eigenvalue weighted by molar-refractivity contribution is 0.258. The van der Waals surface area contributed by atoms with Crippen molar-refractivity contribution in [2.45, 2.75) is 57.0 Å². The fourth-order valence-electron chi connectivity index (χ4n) is 4.16. The molecule has 22 heavy (non-hydrogen) atoms. The van der Waals surface area contributed by atoms with Crippen molar-refractivity contribution in [2.24, 2.45) is 5.92 Å². The number of methoxy groups -OCH3 is 1. The Bertz CT molecular complexity index is 439. The van der Waals surface area contributed by atoms with Gasteiger partial charge in [-0.05, 0) is 68.8 Å². The van der Waals surface area contributed by atoms with E-state index in [1.54, 1.807) is 7.11 Å². The molecule has 1 saturated heterocycles. The molecule has 0 amide bonds. The van der Waals surface area contributed by atoms with Gasteiger partial charge in [0.25, 0.3) is 0 Å². The average molecular weight is 302 g/mol. The minimum absolute atomic E-state index is 0.717. The van der Waals surface area contributed by atoms with Gasteiger partial charge in [0.15, 0.2) is 0 Å². The van der Waals surface area contributed by atoms with Crippen LogP contribution in [-0.4, -0.2) is 32.3 Å². The van der Waals surface area contributed by atoms with Crippen LogP contribution in [0, 0.1) is 5.92 Å². The van der Waals surface area contributed by atoms with E-state index < -0.39 is 0 Å². The molecule has 0 bridgehead atoms. The van der Waals surface area contributed by atoms with Crippen molar-refractivity contribution >= 4 is 0 Å². The summed E-state index contributed by atoms with van der Waals surface area (Å²) in [5.74, 6) is 1.78. The summed E-state index contributed by atoms with van der Waals surface area (Å²) in [7, 11) is 1.72. The summed E-state index contributed by atoms with van der Waals surface area (Å²) >= 11 is 0. The molecule has 2 aliphatic rings. The normalized spacial score (nSPS) is 28.7. The van der Waals surface area contributed by atoms with E-state index >= 15 is 0 Å². The Balaban J connectivity index is 1.45. The summed E-state index contributed by atoms with van der Waals surface area (Å²) in [6.45, 7) is 2.31. The molecule has 3 rings (SSSR count). The molecule has 1 heterocycles. The standard InChI is InChI=1S/C19H30N2O/c1-22-16-10-8-15(9-11-16)12-14-21-19-7-4-5-17(19)18-6-2-3-13-20-18/h8-11,17-21H,2-7,12-14H2,1H3. The van der Waals surface area contributed by atoms with E-state index in [0.29, 0.717) is 6.04 Å². The number of nitrogens with one attached hydrogen (secondary N) is 2. The number of piperidine rings is 1. The SMILES string of the molecule is COc1ccc(CCNC2CCCC2C2CCCCN2)cc1. The first kappa shape index (κ1) is 15.8. The molecule has 1 aliphatic heterocycles. The Hall–Kier alpha value is -1.06. The van der Waals surface area contributed by atoms with E-state index in [1.165, 1.54) is 50.6 Å². The summed E-state index contributed by atoms with van der Waals surface area (Å²) in [6.07, 6.45) is 9.39. The van der Waals surface area contributed by atoms with Gasteiger partial charge in [-0.2, -0.15) is 0 Å². The first-order chi connectivity index (χ1) is 10.9. The Morgan fingerprint density at radius 2 is 1.95 bits per heavy atom. The number of ether oxygens (including phenoxy) is 1. The van der Waals surface area contributed by atoms with Crippen LogP contribution >= 0.6 is 0 Å². The van der Waals surface area contributed by atoms with Gasteiger partial charge in [-0.3, -0.25) is 0 Å². The van der Waals surface area contributed by atoms with E-state index in [2.05, 4.69) is 34.9 Å². The Morgan fingerprint density at radius 3 is 2.68 bits per heavy atom. The third-order valence-corrected chi connectivity index (χ3v) is 5.41. The van der Waals surface area contributed by atoms with Crippen LogP contribution < -0.4 is 15.4 Å². The third-order valence-electron chi connectivity index (χ3n) is 5.41. The Labute approximate surface area is 134 Å². The van der Waals surface area contributed by atoms with Crippen LogP contribution in [0.25, 0.3) is 0 Å². The Kier molecular flexibility index (Phi) is 5.74. The highest BCUT2D eigenvalue weighted by atomic mass is 16.5. The van der Waals surface area contributed by atoms with Gasteiger partial charge in [-0.1, -0.05) is 25.0 Å². The molecule has 122 valence electrons. The van der Waals surface area contributed by atoms with Crippen LogP contribution in [0.2, 0.25) is 0 Å². The van der Waals surface area contributed by atoms with Crippen LogP contribution in [0.5, 0.6) is 5.75 Å².